The van der Waals surface area contributed by atoms with Crippen molar-refractivity contribution in [1.29, 1.82) is 0 Å². The number of rotatable bonds is 3. The van der Waals surface area contributed by atoms with Gasteiger partial charge in [0.15, 0.2) is 0 Å². The Kier molecular flexibility index (Phi) is 6.53. The van der Waals surface area contributed by atoms with E-state index in [1.54, 1.807) is 4.90 Å². The first-order chi connectivity index (χ1) is 11.2. The number of ether oxygens (including phenoxy) is 1. The van der Waals surface area contributed by atoms with Gasteiger partial charge in [-0.15, -0.1) is 0 Å². The van der Waals surface area contributed by atoms with Crippen molar-refractivity contribution in [3.8, 4) is 0 Å². The van der Waals surface area contributed by atoms with E-state index in [0.717, 1.165) is 10.0 Å². The lowest BCUT2D eigenvalue weighted by atomic mass is 10.1. The van der Waals surface area contributed by atoms with E-state index in [-0.39, 0.29) is 18.7 Å². The van der Waals surface area contributed by atoms with E-state index in [2.05, 4.69) is 20.8 Å². The van der Waals surface area contributed by atoms with Crippen molar-refractivity contribution >= 4 is 33.6 Å². The monoisotopic (exact) mass is 418 g/mol. The summed E-state index contributed by atoms with van der Waals surface area (Å²) < 4.78 is 6.24. The van der Waals surface area contributed by atoms with Crippen LogP contribution in [0.2, 0.25) is 5.02 Å². The van der Waals surface area contributed by atoms with Crippen molar-refractivity contribution in [1.82, 2.24) is 9.80 Å². The Morgan fingerprint density at radius 1 is 1.33 bits per heavy atom. The van der Waals surface area contributed by atoms with E-state index in [1.165, 1.54) is 0 Å². The highest BCUT2D eigenvalue weighted by molar-refractivity contribution is 9.10. The molecule has 0 bridgehead atoms. The Balaban J connectivity index is 1.99. The Morgan fingerprint density at radius 2 is 1.96 bits per heavy atom. The lowest BCUT2D eigenvalue weighted by Gasteiger charge is -2.39. The lowest BCUT2D eigenvalue weighted by molar-refractivity contribution is 0.00658. The summed E-state index contributed by atoms with van der Waals surface area (Å²) in [7, 11) is 0. The zero-order valence-corrected chi connectivity index (χ0v) is 16.6. The minimum absolute atomic E-state index is 0.00436. The number of nitrogens with zero attached hydrogens (tertiary/aromatic N) is 2. The third-order valence-corrected chi connectivity index (χ3v) is 5.14. The second kappa shape index (κ2) is 8.04. The predicted octanol–water partition coefficient (Wildman–Crippen LogP) is 3.69. The SMILES string of the molecule is CC(C)(C)OC(=O)N1CCN(C(CO)c2ccc(Br)c(Cl)c2)CC1. The minimum Gasteiger partial charge on any atom is -0.444 e. The average Bonchev–Trinajstić information content (AvgIpc) is 2.50. The molecule has 5 nitrogen and oxygen atoms in total. The van der Waals surface area contributed by atoms with Crippen molar-refractivity contribution in [3.63, 3.8) is 0 Å². The van der Waals surface area contributed by atoms with E-state index in [1.807, 2.05) is 39.0 Å². The number of aliphatic hydroxyl groups excluding tert-OH is 1. The largest absolute Gasteiger partial charge is 0.444 e. The van der Waals surface area contributed by atoms with Gasteiger partial charge in [-0.2, -0.15) is 0 Å². The molecule has 1 unspecified atom stereocenters. The molecule has 1 heterocycles. The predicted molar refractivity (Wildman–Crippen MR) is 98.4 cm³/mol. The van der Waals surface area contributed by atoms with Gasteiger partial charge in [0.25, 0.3) is 0 Å². The fourth-order valence-corrected chi connectivity index (χ4v) is 3.13. The van der Waals surface area contributed by atoms with Crippen molar-refractivity contribution < 1.29 is 14.6 Å². The fraction of sp³-hybridized carbons (Fsp3) is 0.588. The van der Waals surface area contributed by atoms with Crippen molar-refractivity contribution in [3.05, 3.63) is 33.3 Å². The van der Waals surface area contributed by atoms with Crippen LogP contribution in [-0.2, 0) is 4.74 Å². The summed E-state index contributed by atoms with van der Waals surface area (Å²) in [4.78, 5) is 16.0. The normalized spacial score (nSPS) is 17.7. The molecule has 1 atom stereocenters. The van der Waals surface area contributed by atoms with Gasteiger partial charge < -0.3 is 14.7 Å². The van der Waals surface area contributed by atoms with E-state index in [4.69, 9.17) is 16.3 Å². The quantitative estimate of drug-likeness (QED) is 0.812. The standard InChI is InChI=1S/C17H24BrClN2O3/c1-17(2,3)24-16(23)21-8-6-20(7-9-21)15(11-22)12-4-5-13(18)14(19)10-12/h4-5,10,15,22H,6-9,11H2,1-3H3. The maximum atomic E-state index is 12.1. The number of hydrogen-bond acceptors (Lipinski definition) is 4. The molecule has 0 spiro atoms. The van der Waals surface area contributed by atoms with Gasteiger partial charge in [-0.25, -0.2) is 4.79 Å². The number of amides is 1. The van der Waals surface area contributed by atoms with Crippen molar-refractivity contribution in [2.24, 2.45) is 0 Å². The van der Waals surface area contributed by atoms with Crippen LogP contribution in [0.4, 0.5) is 4.79 Å². The van der Waals surface area contributed by atoms with Gasteiger partial charge in [-0.05, 0) is 54.4 Å². The molecule has 1 saturated heterocycles. The van der Waals surface area contributed by atoms with Crippen LogP contribution >= 0.6 is 27.5 Å². The molecule has 7 heteroatoms. The van der Waals surface area contributed by atoms with E-state index in [9.17, 15) is 9.90 Å². The van der Waals surface area contributed by atoms with Crippen molar-refractivity contribution in [2.75, 3.05) is 32.8 Å². The first kappa shape index (κ1) is 19.5. The Labute approximate surface area is 156 Å². The molecule has 134 valence electrons. The van der Waals surface area contributed by atoms with E-state index < -0.39 is 5.60 Å². The number of halogens is 2. The molecule has 1 aliphatic heterocycles. The Morgan fingerprint density at radius 3 is 2.46 bits per heavy atom. The van der Waals surface area contributed by atoms with Crippen LogP contribution < -0.4 is 0 Å². The maximum Gasteiger partial charge on any atom is 0.410 e. The lowest BCUT2D eigenvalue weighted by Crippen LogP contribution is -2.51. The van der Waals surface area contributed by atoms with Gasteiger partial charge in [0.05, 0.1) is 17.7 Å². The summed E-state index contributed by atoms with van der Waals surface area (Å²) in [6.07, 6.45) is -0.283. The summed E-state index contributed by atoms with van der Waals surface area (Å²) in [6.45, 7) is 8.10. The molecule has 0 aliphatic carbocycles. The molecule has 1 amide bonds. The highest BCUT2D eigenvalue weighted by Crippen LogP contribution is 2.29. The molecule has 0 radical (unpaired) electrons. The fourth-order valence-electron chi connectivity index (χ4n) is 2.69. The summed E-state index contributed by atoms with van der Waals surface area (Å²) in [5.41, 5.74) is 0.479. The molecule has 2 rings (SSSR count). The van der Waals surface area contributed by atoms with Crippen molar-refractivity contribution in [2.45, 2.75) is 32.4 Å². The maximum absolute atomic E-state index is 12.1. The van der Waals surface area contributed by atoms with E-state index >= 15 is 0 Å². The topological polar surface area (TPSA) is 53.0 Å². The molecule has 1 aromatic rings. The third-order valence-electron chi connectivity index (χ3n) is 3.91. The van der Waals surface area contributed by atoms with Gasteiger partial charge in [0.2, 0.25) is 0 Å². The molecule has 0 saturated carbocycles. The third kappa shape index (κ3) is 5.09. The Bertz CT molecular complexity index is 584. The Hall–Kier alpha value is -0.820. The van der Waals surface area contributed by atoms with Crippen LogP contribution in [-0.4, -0.2) is 59.4 Å². The first-order valence-corrected chi connectivity index (χ1v) is 9.16. The molecular weight excluding hydrogens is 396 g/mol. The second-order valence-electron chi connectivity index (χ2n) is 6.88. The minimum atomic E-state index is -0.490. The van der Waals surface area contributed by atoms with Crippen LogP contribution in [0.15, 0.2) is 22.7 Å². The molecule has 1 aliphatic rings. The zero-order valence-electron chi connectivity index (χ0n) is 14.3. The molecule has 1 fully saturated rings. The molecule has 24 heavy (non-hydrogen) atoms. The van der Waals surface area contributed by atoms with Crippen LogP contribution in [0.5, 0.6) is 0 Å². The number of hydrogen-bond donors (Lipinski definition) is 1. The molecule has 1 aromatic carbocycles. The summed E-state index contributed by atoms with van der Waals surface area (Å²) in [6, 6.07) is 5.58. The highest BCUT2D eigenvalue weighted by atomic mass is 79.9. The van der Waals surface area contributed by atoms with Crippen LogP contribution in [0.1, 0.15) is 32.4 Å². The van der Waals surface area contributed by atoms with E-state index in [0.29, 0.717) is 31.2 Å². The zero-order chi connectivity index (χ0) is 17.9. The van der Waals surface area contributed by atoms with Gasteiger partial charge in [0.1, 0.15) is 5.60 Å². The second-order valence-corrected chi connectivity index (χ2v) is 8.14. The number of piperazine rings is 1. The van der Waals surface area contributed by atoms with Gasteiger partial charge in [0, 0.05) is 30.7 Å². The van der Waals surface area contributed by atoms with Gasteiger partial charge in [-0.3, -0.25) is 4.90 Å². The molecule has 1 N–H and O–H groups in total. The molecular formula is C17H24BrClN2O3. The number of carbonyl (C=O) groups is 1. The highest BCUT2D eigenvalue weighted by Gasteiger charge is 2.29. The first-order valence-electron chi connectivity index (χ1n) is 7.99. The number of aliphatic hydroxyl groups is 1. The van der Waals surface area contributed by atoms with Gasteiger partial charge >= 0.3 is 6.09 Å². The van der Waals surface area contributed by atoms with Gasteiger partial charge in [-0.1, -0.05) is 17.7 Å². The van der Waals surface area contributed by atoms with Crippen LogP contribution in [0, 0.1) is 0 Å². The number of carbonyl (C=O) groups excluding carboxylic acids is 1. The summed E-state index contributed by atoms with van der Waals surface area (Å²) >= 11 is 9.54. The molecule has 0 aromatic heterocycles. The van der Waals surface area contributed by atoms with Crippen LogP contribution in [0.3, 0.4) is 0 Å². The summed E-state index contributed by atoms with van der Waals surface area (Å²) in [5.74, 6) is 0. The number of benzene rings is 1. The average molecular weight is 420 g/mol. The smallest absolute Gasteiger partial charge is 0.410 e. The summed E-state index contributed by atoms with van der Waals surface area (Å²) in [5, 5.41) is 10.4. The van der Waals surface area contributed by atoms with Crippen LogP contribution in [0.25, 0.3) is 0 Å².